The van der Waals surface area contributed by atoms with Gasteiger partial charge in [-0.3, -0.25) is 9.88 Å². The van der Waals surface area contributed by atoms with Gasteiger partial charge in [0.1, 0.15) is 0 Å². The molecule has 4 aromatic rings. The van der Waals surface area contributed by atoms with Crippen LogP contribution in [0.3, 0.4) is 0 Å². The highest BCUT2D eigenvalue weighted by Crippen LogP contribution is 2.27. The van der Waals surface area contributed by atoms with Crippen LogP contribution in [0.15, 0.2) is 78.9 Å². The van der Waals surface area contributed by atoms with Crippen LogP contribution >= 0.6 is 11.6 Å². The molecule has 36 heavy (non-hydrogen) atoms. The minimum absolute atomic E-state index is 0.288. The van der Waals surface area contributed by atoms with Gasteiger partial charge in [0.25, 0.3) is 0 Å². The molecule has 1 saturated heterocycles. The highest BCUT2D eigenvalue weighted by molar-refractivity contribution is 6.30. The lowest BCUT2D eigenvalue weighted by atomic mass is 10.1. The van der Waals surface area contributed by atoms with Crippen molar-refractivity contribution in [3.63, 3.8) is 0 Å². The molecule has 1 fully saturated rings. The van der Waals surface area contributed by atoms with Gasteiger partial charge in [-0.1, -0.05) is 35.9 Å². The van der Waals surface area contributed by atoms with Crippen LogP contribution in [0, 0.1) is 6.92 Å². The highest BCUT2D eigenvalue weighted by Gasteiger charge is 2.19. The molecule has 1 aromatic heterocycles. The zero-order chi connectivity index (χ0) is 24.9. The molecule has 0 radical (unpaired) electrons. The molecule has 1 aliphatic heterocycles. The molecule has 0 saturated carbocycles. The van der Waals surface area contributed by atoms with Gasteiger partial charge >= 0.3 is 6.03 Å². The van der Waals surface area contributed by atoms with Crippen molar-refractivity contribution in [3.8, 4) is 0 Å². The van der Waals surface area contributed by atoms with Crippen LogP contribution in [-0.2, 0) is 6.42 Å². The number of benzene rings is 3. The van der Waals surface area contributed by atoms with Crippen molar-refractivity contribution in [3.05, 3.63) is 95.1 Å². The van der Waals surface area contributed by atoms with Crippen LogP contribution in [0.25, 0.3) is 10.9 Å². The van der Waals surface area contributed by atoms with Gasteiger partial charge in [-0.25, -0.2) is 4.79 Å². The van der Waals surface area contributed by atoms with E-state index in [4.69, 9.17) is 11.6 Å². The molecule has 0 unspecified atom stereocenters. The summed E-state index contributed by atoms with van der Waals surface area (Å²) in [7, 11) is 0. The maximum atomic E-state index is 12.4. The van der Waals surface area contributed by atoms with E-state index in [-0.39, 0.29) is 6.03 Å². The second-order valence-corrected chi connectivity index (χ2v) is 9.60. The van der Waals surface area contributed by atoms with Crippen molar-refractivity contribution < 1.29 is 4.79 Å². The molecule has 184 valence electrons. The molecular weight excluding hydrogens is 470 g/mol. The van der Waals surface area contributed by atoms with E-state index in [0.717, 1.165) is 56.0 Å². The smallest absolute Gasteiger partial charge is 0.323 e. The first-order valence-electron chi connectivity index (χ1n) is 12.3. The summed E-state index contributed by atoms with van der Waals surface area (Å²) in [6.07, 6.45) is 0.933. The number of hydrogen-bond acceptors (Lipinski definition) is 4. The first kappa shape index (κ1) is 24.1. The molecule has 2 heterocycles. The van der Waals surface area contributed by atoms with Gasteiger partial charge in [-0.2, -0.15) is 0 Å². The maximum absolute atomic E-state index is 12.4. The topological polar surface area (TPSA) is 60.5 Å². The van der Waals surface area contributed by atoms with Crippen LogP contribution in [0.5, 0.6) is 0 Å². The number of fused-ring (bicyclic) bond motifs is 1. The quantitative estimate of drug-likeness (QED) is 0.331. The number of piperazine rings is 1. The molecule has 0 atom stereocenters. The van der Waals surface area contributed by atoms with Gasteiger partial charge in [0.2, 0.25) is 0 Å². The van der Waals surface area contributed by atoms with E-state index in [1.807, 2.05) is 25.1 Å². The first-order valence-corrected chi connectivity index (χ1v) is 12.7. The SMILES string of the molecule is Cc1ccc2c(N3CCN(CCc4cccc(NC(=O)Nc5cccc(Cl)c5)c4)CC3)cccc2n1. The minimum atomic E-state index is -0.288. The zero-order valence-electron chi connectivity index (χ0n) is 20.4. The number of urea groups is 1. The van der Waals surface area contributed by atoms with Crippen LogP contribution in [0.4, 0.5) is 21.9 Å². The van der Waals surface area contributed by atoms with Crippen molar-refractivity contribution >= 4 is 45.6 Å². The molecule has 2 amide bonds. The summed E-state index contributed by atoms with van der Waals surface area (Å²) in [6.45, 7) is 7.07. The Labute approximate surface area is 216 Å². The number of aromatic nitrogens is 1. The fourth-order valence-corrected chi connectivity index (χ4v) is 4.87. The average molecular weight is 500 g/mol. The Morgan fingerprint density at radius 2 is 1.61 bits per heavy atom. The van der Waals surface area contributed by atoms with Crippen LogP contribution in [0.1, 0.15) is 11.3 Å². The lowest BCUT2D eigenvalue weighted by Gasteiger charge is -2.36. The fraction of sp³-hybridized carbons (Fsp3) is 0.241. The van der Waals surface area contributed by atoms with Crippen molar-refractivity contribution in [2.75, 3.05) is 48.3 Å². The van der Waals surface area contributed by atoms with Crippen molar-refractivity contribution in [1.82, 2.24) is 9.88 Å². The third-order valence-corrected chi connectivity index (χ3v) is 6.78. The molecule has 2 N–H and O–H groups in total. The normalized spacial score (nSPS) is 14.1. The number of aryl methyl sites for hydroxylation is 1. The first-order chi connectivity index (χ1) is 17.5. The van der Waals surface area contributed by atoms with E-state index in [1.165, 1.54) is 16.6 Å². The van der Waals surface area contributed by atoms with Crippen molar-refractivity contribution in [2.45, 2.75) is 13.3 Å². The monoisotopic (exact) mass is 499 g/mol. The third-order valence-electron chi connectivity index (χ3n) is 6.55. The standard InChI is InChI=1S/C29H30ClN5O/c1-21-11-12-26-27(31-21)9-4-10-28(26)35-17-15-34(16-18-35)14-13-22-5-2-7-24(19-22)32-29(36)33-25-8-3-6-23(30)20-25/h2-12,19-20H,13-18H2,1H3,(H2,32,33,36). The van der Waals surface area contributed by atoms with Gasteiger partial charge in [0.15, 0.2) is 0 Å². The number of halogens is 1. The number of carbonyl (C=O) groups is 1. The van der Waals surface area contributed by atoms with Gasteiger partial charge < -0.3 is 15.5 Å². The summed E-state index contributed by atoms with van der Waals surface area (Å²) in [5.74, 6) is 0. The van der Waals surface area contributed by atoms with E-state index in [9.17, 15) is 4.79 Å². The van der Waals surface area contributed by atoms with Crippen molar-refractivity contribution in [1.29, 1.82) is 0 Å². The lowest BCUT2D eigenvalue weighted by molar-refractivity contribution is 0.261. The predicted octanol–water partition coefficient (Wildman–Crippen LogP) is 6.21. The number of amides is 2. The number of hydrogen-bond donors (Lipinski definition) is 2. The molecule has 7 heteroatoms. The van der Waals surface area contributed by atoms with E-state index >= 15 is 0 Å². The van der Waals surface area contributed by atoms with Gasteiger partial charge in [0, 0.05) is 65.9 Å². The Morgan fingerprint density at radius 1 is 0.889 bits per heavy atom. The van der Waals surface area contributed by atoms with Gasteiger partial charge in [0.05, 0.1) is 5.52 Å². The molecule has 5 rings (SSSR count). The van der Waals surface area contributed by atoms with E-state index < -0.39 is 0 Å². The number of nitrogens with zero attached hydrogens (tertiary/aromatic N) is 3. The summed E-state index contributed by atoms with van der Waals surface area (Å²) in [5.41, 5.74) is 6.01. The van der Waals surface area contributed by atoms with Crippen molar-refractivity contribution in [2.24, 2.45) is 0 Å². The predicted molar refractivity (Wildman–Crippen MR) is 149 cm³/mol. The molecule has 1 aliphatic rings. The molecule has 3 aromatic carbocycles. The van der Waals surface area contributed by atoms with Gasteiger partial charge in [-0.05, 0) is 73.5 Å². The zero-order valence-corrected chi connectivity index (χ0v) is 21.1. The van der Waals surface area contributed by atoms with Crippen LogP contribution in [-0.4, -0.2) is 48.6 Å². The third kappa shape index (κ3) is 5.96. The lowest BCUT2D eigenvalue weighted by Crippen LogP contribution is -2.47. The number of carbonyl (C=O) groups excluding carboxylic acids is 1. The Morgan fingerprint density at radius 3 is 2.39 bits per heavy atom. The summed E-state index contributed by atoms with van der Waals surface area (Å²) >= 11 is 5.99. The molecule has 0 spiro atoms. The van der Waals surface area contributed by atoms with E-state index in [1.54, 1.807) is 24.3 Å². The molecule has 0 bridgehead atoms. The maximum Gasteiger partial charge on any atom is 0.323 e. The fourth-order valence-electron chi connectivity index (χ4n) is 4.68. The molecule has 0 aliphatic carbocycles. The molecular formula is C29H30ClN5O. The van der Waals surface area contributed by atoms with Crippen LogP contribution < -0.4 is 15.5 Å². The number of pyridine rings is 1. The van der Waals surface area contributed by atoms with Gasteiger partial charge in [-0.15, -0.1) is 0 Å². The minimum Gasteiger partial charge on any atom is -0.368 e. The summed E-state index contributed by atoms with van der Waals surface area (Å²) in [5, 5.41) is 7.53. The Balaban J connectivity index is 1.13. The second-order valence-electron chi connectivity index (χ2n) is 9.16. The number of anilines is 3. The van der Waals surface area contributed by atoms with E-state index in [2.05, 4.69) is 61.8 Å². The Bertz CT molecular complexity index is 1370. The largest absolute Gasteiger partial charge is 0.368 e. The second kappa shape index (κ2) is 11.0. The number of rotatable bonds is 6. The number of nitrogens with one attached hydrogen (secondary N) is 2. The summed E-state index contributed by atoms with van der Waals surface area (Å²) in [4.78, 5) is 22.0. The summed E-state index contributed by atoms with van der Waals surface area (Å²) < 4.78 is 0. The van der Waals surface area contributed by atoms with E-state index in [0.29, 0.717) is 10.7 Å². The summed E-state index contributed by atoms with van der Waals surface area (Å²) in [6, 6.07) is 25.5. The highest BCUT2D eigenvalue weighted by atomic mass is 35.5. The Kier molecular flexibility index (Phi) is 7.35. The molecule has 6 nitrogen and oxygen atoms in total. The average Bonchev–Trinajstić information content (AvgIpc) is 2.87. The Hall–Kier alpha value is -3.61. The van der Waals surface area contributed by atoms with Crippen LogP contribution in [0.2, 0.25) is 5.02 Å².